The van der Waals surface area contributed by atoms with Crippen molar-refractivity contribution in [2.45, 2.75) is 25.9 Å². The van der Waals surface area contributed by atoms with Crippen molar-refractivity contribution < 1.29 is 4.79 Å². The predicted molar refractivity (Wildman–Crippen MR) is 62.1 cm³/mol. The van der Waals surface area contributed by atoms with Crippen molar-refractivity contribution in [3.63, 3.8) is 0 Å². The quantitative estimate of drug-likeness (QED) is 0.772. The largest absolute Gasteiger partial charge is 0.339 e. The molecule has 1 aromatic rings. The Morgan fingerprint density at radius 2 is 2.00 bits per heavy atom. The van der Waals surface area contributed by atoms with Crippen LogP contribution in [0.3, 0.4) is 0 Å². The molecular formula is C13H16N2O. The zero-order valence-electron chi connectivity index (χ0n) is 9.33. The van der Waals surface area contributed by atoms with Crippen molar-refractivity contribution in [2.75, 3.05) is 13.1 Å². The molecule has 0 aromatic heterocycles. The smallest absolute Gasteiger partial charge is 0.254 e. The highest BCUT2D eigenvalue weighted by atomic mass is 16.2. The van der Waals surface area contributed by atoms with Crippen LogP contribution in [0.2, 0.25) is 0 Å². The molecule has 1 amide bonds. The van der Waals surface area contributed by atoms with E-state index in [1.165, 1.54) is 11.1 Å². The number of fused-ring (bicyclic) bond motifs is 1. The molecule has 0 aliphatic carbocycles. The second-order valence-electron chi connectivity index (χ2n) is 4.55. The molecule has 3 heteroatoms. The van der Waals surface area contributed by atoms with Crippen LogP contribution in [0.4, 0.5) is 0 Å². The van der Waals surface area contributed by atoms with Crippen LogP contribution in [-0.4, -0.2) is 23.9 Å². The van der Waals surface area contributed by atoms with E-state index in [4.69, 9.17) is 0 Å². The molecule has 3 nitrogen and oxygen atoms in total. The maximum absolute atomic E-state index is 12.3. The Labute approximate surface area is 95.4 Å². The highest BCUT2D eigenvalue weighted by Gasteiger charge is 2.24. The molecule has 0 bridgehead atoms. The molecule has 0 spiro atoms. The van der Waals surface area contributed by atoms with Crippen LogP contribution in [0.5, 0.6) is 0 Å². The molecule has 1 aromatic carbocycles. The zero-order chi connectivity index (χ0) is 11.0. The fraction of sp³-hybridized carbons (Fsp3) is 0.462. The van der Waals surface area contributed by atoms with Crippen molar-refractivity contribution in [2.24, 2.45) is 0 Å². The zero-order valence-corrected chi connectivity index (χ0v) is 9.33. The van der Waals surface area contributed by atoms with Crippen molar-refractivity contribution in [3.8, 4) is 0 Å². The Hall–Kier alpha value is -1.35. The van der Waals surface area contributed by atoms with E-state index in [1.807, 2.05) is 17.0 Å². The average molecular weight is 216 g/mol. The van der Waals surface area contributed by atoms with Gasteiger partial charge in [-0.2, -0.15) is 0 Å². The molecule has 3 rings (SSSR count). The molecule has 2 aliphatic heterocycles. The van der Waals surface area contributed by atoms with Gasteiger partial charge in [-0.3, -0.25) is 4.79 Å². The molecule has 16 heavy (non-hydrogen) atoms. The van der Waals surface area contributed by atoms with E-state index in [1.54, 1.807) is 0 Å². The maximum Gasteiger partial charge on any atom is 0.254 e. The number of carbonyl (C=O) groups excluding carboxylic acids is 1. The molecule has 1 saturated heterocycles. The lowest BCUT2D eigenvalue weighted by molar-refractivity contribution is 0.0792. The molecule has 2 aliphatic rings. The number of rotatable bonds is 1. The fourth-order valence-electron chi connectivity index (χ4n) is 2.62. The van der Waals surface area contributed by atoms with E-state index in [-0.39, 0.29) is 5.91 Å². The first kappa shape index (κ1) is 9.85. The Kier molecular flexibility index (Phi) is 2.40. The van der Waals surface area contributed by atoms with Crippen LogP contribution in [0.15, 0.2) is 18.2 Å². The highest BCUT2D eigenvalue weighted by molar-refractivity contribution is 5.96. The molecule has 0 saturated carbocycles. The normalized spacial score (nSPS) is 18.9. The van der Waals surface area contributed by atoms with E-state index in [2.05, 4.69) is 11.4 Å². The van der Waals surface area contributed by atoms with Crippen molar-refractivity contribution in [1.82, 2.24) is 10.2 Å². The minimum absolute atomic E-state index is 0.220. The van der Waals surface area contributed by atoms with E-state index >= 15 is 0 Å². The lowest BCUT2D eigenvalue weighted by Gasteiger charge is -2.17. The summed E-state index contributed by atoms with van der Waals surface area (Å²) in [6.45, 7) is 3.59. The molecule has 0 atom stereocenters. The summed E-state index contributed by atoms with van der Waals surface area (Å²) in [4.78, 5) is 14.3. The fourth-order valence-corrected chi connectivity index (χ4v) is 2.62. The number of hydrogen-bond acceptors (Lipinski definition) is 2. The third-order valence-electron chi connectivity index (χ3n) is 3.51. The first-order chi connectivity index (χ1) is 7.86. The number of nitrogens with zero attached hydrogens (tertiary/aromatic N) is 1. The summed E-state index contributed by atoms with van der Waals surface area (Å²) in [5.74, 6) is 0.220. The molecular weight excluding hydrogens is 200 g/mol. The van der Waals surface area contributed by atoms with Crippen LogP contribution >= 0.6 is 0 Å². The van der Waals surface area contributed by atoms with Crippen molar-refractivity contribution >= 4 is 5.91 Å². The average Bonchev–Trinajstić information content (AvgIpc) is 2.98. The summed E-state index contributed by atoms with van der Waals surface area (Å²) in [6, 6.07) is 6.07. The first-order valence-electron chi connectivity index (χ1n) is 5.97. The number of likely N-dealkylation sites (tertiary alicyclic amines) is 1. The topological polar surface area (TPSA) is 32.3 Å². The van der Waals surface area contributed by atoms with Gasteiger partial charge in [0, 0.05) is 31.7 Å². The molecule has 84 valence electrons. The van der Waals surface area contributed by atoms with E-state index in [0.29, 0.717) is 0 Å². The summed E-state index contributed by atoms with van der Waals surface area (Å²) in [5.41, 5.74) is 3.40. The standard InChI is InChI=1S/C13H16N2O/c16-13(15-6-1-2-7-15)11-5-3-4-10-8-14-9-12(10)11/h3-5,14H,1-2,6-9H2. The van der Waals surface area contributed by atoms with Gasteiger partial charge < -0.3 is 10.2 Å². The lowest BCUT2D eigenvalue weighted by Crippen LogP contribution is -2.28. The third kappa shape index (κ3) is 1.52. The van der Waals surface area contributed by atoms with Crippen LogP contribution < -0.4 is 5.32 Å². The van der Waals surface area contributed by atoms with Gasteiger partial charge in [-0.1, -0.05) is 12.1 Å². The SMILES string of the molecule is O=C(c1cccc2c1CNC2)N1CCCC1. The Bertz CT molecular complexity index is 422. The number of amides is 1. The monoisotopic (exact) mass is 216 g/mol. The minimum Gasteiger partial charge on any atom is -0.339 e. The summed E-state index contributed by atoms with van der Waals surface area (Å²) in [6.07, 6.45) is 2.30. The minimum atomic E-state index is 0.220. The van der Waals surface area contributed by atoms with Gasteiger partial charge in [0.25, 0.3) is 5.91 Å². The summed E-state index contributed by atoms with van der Waals surface area (Å²) < 4.78 is 0. The summed E-state index contributed by atoms with van der Waals surface area (Å²) in [5, 5.41) is 3.30. The predicted octanol–water partition coefficient (Wildman–Crippen LogP) is 1.53. The van der Waals surface area contributed by atoms with Gasteiger partial charge in [-0.25, -0.2) is 0 Å². The Balaban J connectivity index is 1.94. The van der Waals surface area contributed by atoms with Crippen molar-refractivity contribution in [1.29, 1.82) is 0 Å². The van der Waals surface area contributed by atoms with Crippen LogP contribution in [-0.2, 0) is 13.1 Å². The maximum atomic E-state index is 12.3. The van der Waals surface area contributed by atoms with Gasteiger partial charge in [0.1, 0.15) is 0 Å². The summed E-state index contributed by atoms with van der Waals surface area (Å²) in [7, 11) is 0. The molecule has 0 unspecified atom stereocenters. The van der Waals surface area contributed by atoms with E-state index < -0.39 is 0 Å². The van der Waals surface area contributed by atoms with Crippen molar-refractivity contribution in [3.05, 3.63) is 34.9 Å². The molecule has 1 N–H and O–H groups in total. The Morgan fingerprint density at radius 3 is 2.81 bits per heavy atom. The molecule has 0 radical (unpaired) electrons. The molecule has 2 heterocycles. The van der Waals surface area contributed by atoms with Crippen LogP contribution in [0.25, 0.3) is 0 Å². The van der Waals surface area contributed by atoms with Gasteiger partial charge in [0.15, 0.2) is 0 Å². The number of nitrogens with one attached hydrogen (secondary N) is 1. The van der Waals surface area contributed by atoms with Gasteiger partial charge >= 0.3 is 0 Å². The van der Waals surface area contributed by atoms with Crippen LogP contribution in [0, 0.1) is 0 Å². The van der Waals surface area contributed by atoms with Crippen LogP contribution in [0.1, 0.15) is 34.3 Å². The second kappa shape index (κ2) is 3.91. The van der Waals surface area contributed by atoms with Gasteiger partial charge in [-0.15, -0.1) is 0 Å². The third-order valence-corrected chi connectivity index (χ3v) is 3.51. The van der Waals surface area contributed by atoms with Gasteiger partial charge in [0.2, 0.25) is 0 Å². The lowest BCUT2D eigenvalue weighted by atomic mass is 10.0. The number of carbonyl (C=O) groups is 1. The molecule has 1 fully saturated rings. The Morgan fingerprint density at radius 1 is 1.19 bits per heavy atom. The van der Waals surface area contributed by atoms with Gasteiger partial charge in [0.05, 0.1) is 0 Å². The first-order valence-corrected chi connectivity index (χ1v) is 5.97. The van der Waals surface area contributed by atoms with E-state index in [0.717, 1.165) is 44.6 Å². The number of hydrogen-bond donors (Lipinski definition) is 1. The highest BCUT2D eigenvalue weighted by Crippen LogP contribution is 2.22. The van der Waals surface area contributed by atoms with Gasteiger partial charge in [-0.05, 0) is 30.0 Å². The second-order valence-corrected chi connectivity index (χ2v) is 4.55. The summed E-state index contributed by atoms with van der Waals surface area (Å²) >= 11 is 0. The van der Waals surface area contributed by atoms with E-state index in [9.17, 15) is 4.79 Å². The number of benzene rings is 1.